The lowest BCUT2D eigenvalue weighted by Gasteiger charge is -2.27. The van der Waals surface area contributed by atoms with Crippen molar-refractivity contribution in [3.63, 3.8) is 0 Å². The molecule has 5 nitrogen and oxygen atoms in total. The molecule has 0 unspecified atom stereocenters. The molecular formula is C16H21N5. The lowest BCUT2D eigenvalue weighted by molar-refractivity contribution is 0.242. The van der Waals surface area contributed by atoms with Gasteiger partial charge in [-0.15, -0.1) is 0 Å². The number of hydrogen-bond acceptors (Lipinski definition) is 4. The summed E-state index contributed by atoms with van der Waals surface area (Å²) in [5.41, 5.74) is 3.79. The SMILES string of the molecule is c1ncc2c(n1)CCN(Cc1cnn(CC3CCC3)c1)C2. The van der Waals surface area contributed by atoms with Crippen LogP contribution < -0.4 is 0 Å². The van der Waals surface area contributed by atoms with Crippen LogP contribution in [-0.4, -0.2) is 31.2 Å². The Kier molecular flexibility index (Phi) is 3.43. The van der Waals surface area contributed by atoms with E-state index in [2.05, 4.69) is 30.8 Å². The molecule has 2 aliphatic rings. The lowest BCUT2D eigenvalue weighted by atomic mass is 9.85. The predicted molar refractivity (Wildman–Crippen MR) is 79.4 cm³/mol. The molecule has 0 amide bonds. The first-order chi connectivity index (χ1) is 10.4. The first kappa shape index (κ1) is 13.0. The van der Waals surface area contributed by atoms with E-state index in [1.54, 1.807) is 6.33 Å². The molecule has 110 valence electrons. The molecule has 0 radical (unpaired) electrons. The van der Waals surface area contributed by atoms with Gasteiger partial charge in [-0.25, -0.2) is 9.97 Å². The lowest BCUT2D eigenvalue weighted by Crippen LogP contribution is -2.30. The standard InChI is InChI=1S/C16H21N5/c1-2-13(3-1)9-21-10-14(6-19-21)8-20-5-4-16-15(11-20)7-17-12-18-16/h6-7,10,12-13H,1-5,8-9,11H2. The maximum atomic E-state index is 4.51. The van der Waals surface area contributed by atoms with Crippen molar-refractivity contribution in [3.05, 3.63) is 41.7 Å². The molecule has 1 aliphatic carbocycles. The van der Waals surface area contributed by atoms with Gasteiger partial charge in [0.25, 0.3) is 0 Å². The minimum absolute atomic E-state index is 0.858. The zero-order chi connectivity index (χ0) is 14.1. The Labute approximate surface area is 125 Å². The average molecular weight is 283 g/mol. The maximum absolute atomic E-state index is 4.51. The third kappa shape index (κ3) is 2.83. The molecule has 0 N–H and O–H groups in total. The molecule has 0 atom stereocenters. The van der Waals surface area contributed by atoms with Gasteiger partial charge in [-0.2, -0.15) is 5.10 Å². The van der Waals surface area contributed by atoms with Crippen molar-refractivity contribution in [1.29, 1.82) is 0 Å². The summed E-state index contributed by atoms with van der Waals surface area (Å²) < 4.78 is 2.13. The molecule has 0 spiro atoms. The van der Waals surface area contributed by atoms with Crippen LogP contribution in [0.1, 0.15) is 36.1 Å². The fourth-order valence-corrected chi connectivity index (χ4v) is 3.25. The fourth-order valence-electron chi connectivity index (χ4n) is 3.25. The predicted octanol–water partition coefficient (Wildman–Crippen LogP) is 2.03. The highest BCUT2D eigenvalue weighted by Crippen LogP contribution is 2.27. The third-order valence-corrected chi connectivity index (χ3v) is 4.70. The second-order valence-corrected chi connectivity index (χ2v) is 6.32. The molecule has 3 heterocycles. The maximum Gasteiger partial charge on any atom is 0.115 e. The van der Waals surface area contributed by atoms with Crippen LogP contribution in [0.15, 0.2) is 24.9 Å². The Morgan fingerprint density at radius 1 is 1.24 bits per heavy atom. The van der Waals surface area contributed by atoms with Crippen LogP contribution in [0, 0.1) is 5.92 Å². The fraction of sp³-hybridized carbons (Fsp3) is 0.562. The van der Waals surface area contributed by atoms with Crippen molar-refractivity contribution < 1.29 is 0 Å². The van der Waals surface area contributed by atoms with Crippen molar-refractivity contribution in [3.8, 4) is 0 Å². The molecule has 4 rings (SSSR count). The van der Waals surface area contributed by atoms with E-state index in [1.165, 1.54) is 36.1 Å². The van der Waals surface area contributed by atoms with Crippen molar-refractivity contribution in [1.82, 2.24) is 24.6 Å². The highest BCUT2D eigenvalue weighted by molar-refractivity contribution is 5.19. The number of hydrogen-bond donors (Lipinski definition) is 0. The Hall–Kier alpha value is -1.75. The van der Waals surface area contributed by atoms with Crippen LogP contribution >= 0.6 is 0 Å². The van der Waals surface area contributed by atoms with Crippen molar-refractivity contribution in [2.24, 2.45) is 5.92 Å². The van der Waals surface area contributed by atoms with Gasteiger partial charge in [-0.1, -0.05) is 6.42 Å². The first-order valence-corrected chi connectivity index (χ1v) is 7.88. The second kappa shape index (κ2) is 5.56. The van der Waals surface area contributed by atoms with E-state index in [0.717, 1.165) is 38.5 Å². The smallest absolute Gasteiger partial charge is 0.115 e. The Balaban J connectivity index is 1.38. The largest absolute Gasteiger partial charge is 0.294 e. The number of rotatable bonds is 4. The number of nitrogens with zero attached hydrogens (tertiary/aromatic N) is 5. The molecule has 1 saturated carbocycles. The van der Waals surface area contributed by atoms with Crippen molar-refractivity contribution in [2.75, 3.05) is 6.54 Å². The normalized spacial score (nSPS) is 19.2. The van der Waals surface area contributed by atoms with E-state index < -0.39 is 0 Å². The van der Waals surface area contributed by atoms with E-state index in [0.29, 0.717) is 0 Å². The highest BCUT2D eigenvalue weighted by atomic mass is 15.3. The van der Waals surface area contributed by atoms with Crippen LogP contribution in [0.25, 0.3) is 0 Å². The van der Waals surface area contributed by atoms with E-state index in [-0.39, 0.29) is 0 Å². The molecule has 2 aromatic heterocycles. The molecule has 2 aromatic rings. The third-order valence-electron chi connectivity index (χ3n) is 4.70. The zero-order valence-corrected chi connectivity index (χ0v) is 12.3. The van der Waals surface area contributed by atoms with E-state index in [9.17, 15) is 0 Å². The number of aromatic nitrogens is 4. The topological polar surface area (TPSA) is 46.8 Å². The summed E-state index contributed by atoms with van der Waals surface area (Å²) in [5, 5.41) is 4.51. The van der Waals surface area contributed by atoms with Gasteiger partial charge in [-0.3, -0.25) is 9.58 Å². The van der Waals surface area contributed by atoms with Crippen LogP contribution in [0.5, 0.6) is 0 Å². The summed E-state index contributed by atoms with van der Waals surface area (Å²) in [6.07, 6.45) is 13.0. The summed E-state index contributed by atoms with van der Waals surface area (Å²) in [6, 6.07) is 0. The molecule has 0 bridgehead atoms. The van der Waals surface area contributed by atoms with Gasteiger partial charge in [0.2, 0.25) is 0 Å². The molecule has 0 saturated heterocycles. The molecular weight excluding hydrogens is 262 g/mol. The van der Waals surface area contributed by atoms with Gasteiger partial charge in [-0.05, 0) is 18.8 Å². The van der Waals surface area contributed by atoms with Gasteiger partial charge in [0.15, 0.2) is 0 Å². The van der Waals surface area contributed by atoms with Crippen LogP contribution in [-0.2, 0) is 26.1 Å². The Morgan fingerprint density at radius 3 is 3.05 bits per heavy atom. The van der Waals surface area contributed by atoms with Gasteiger partial charge in [0.05, 0.1) is 6.20 Å². The second-order valence-electron chi connectivity index (χ2n) is 6.32. The number of fused-ring (bicyclic) bond motifs is 1. The van der Waals surface area contributed by atoms with Crippen molar-refractivity contribution in [2.45, 2.75) is 45.3 Å². The molecule has 1 aliphatic heterocycles. The summed E-state index contributed by atoms with van der Waals surface area (Å²) >= 11 is 0. The van der Waals surface area contributed by atoms with Crippen LogP contribution in [0.3, 0.4) is 0 Å². The monoisotopic (exact) mass is 283 g/mol. The Morgan fingerprint density at radius 2 is 2.19 bits per heavy atom. The summed E-state index contributed by atoms with van der Waals surface area (Å²) in [5.74, 6) is 0.858. The highest BCUT2D eigenvalue weighted by Gasteiger charge is 2.20. The molecule has 21 heavy (non-hydrogen) atoms. The summed E-state index contributed by atoms with van der Waals surface area (Å²) in [7, 11) is 0. The van der Waals surface area contributed by atoms with Gasteiger partial charge >= 0.3 is 0 Å². The van der Waals surface area contributed by atoms with Gasteiger partial charge in [0, 0.05) is 61.8 Å². The minimum Gasteiger partial charge on any atom is -0.294 e. The van der Waals surface area contributed by atoms with Gasteiger partial charge < -0.3 is 0 Å². The van der Waals surface area contributed by atoms with Crippen LogP contribution in [0.4, 0.5) is 0 Å². The van der Waals surface area contributed by atoms with E-state index in [1.807, 2.05) is 12.4 Å². The van der Waals surface area contributed by atoms with E-state index >= 15 is 0 Å². The summed E-state index contributed by atoms with van der Waals surface area (Å²) in [6.45, 7) is 4.08. The molecule has 5 heteroatoms. The van der Waals surface area contributed by atoms with E-state index in [4.69, 9.17) is 0 Å². The minimum atomic E-state index is 0.858. The Bertz CT molecular complexity index is 617. The summed E-state index contributed by atoms with van der Waals surface area (Å²) in [4.78, 5) is 11.0. The molecule has 0 aromatic carbocycles. The first-order valence-electron chi connectivity index (χ1n) is 7.88. The van der Waals surface area contributed by atoms with Crippen molar-refractivity contribution >= 4 is 0 Å². The van der Waals surface area contributed by atoms with Gasteiger partial charge in [0.1, 0.15) is 6.33 Å². The quantitative estimate of drug-likeness (QED) is 0.861. The zero-order valence-electron chi connectivity index (χ0n) is 12.3. The molecule has 1 fully saturated rings. The average Bonchev–Trinajstić information content (AvgIpc) is 2.90. The van der Waals surface area contributed by atoms with Crippen LogP contribution in [0.2, 0.25) is 0 Å².